The summed E-state index contributed by atoms with van der Waals surface area (Å²) in [6.45, 7) is 0. The molecule has 0 aliphatic carbocycles. The molecule has 0 saturated carbocycles. The monoisotopic (exact) mass is 178 g/mol. The zero-order valence-electron chi connectivity index (χ0n) is 6.15. The minimum absolute atomic E-state index is 0.719. The second-order valence-electron chi connectivity index (χ2n) is 2.35. The zero-order chi connectivity index (χ0) is 8.39. The first-order valence-electron chi connectivity index (χ1n) is 3.43. The molecule has 0 aromatic carbocycles. The van der Waals surface area contributed by atoms with Crippen LogP contribution in [0.2, 0.25) is 0 Å². The van der Waals surface area contributed by atoms with Crippen molar-refractivity contribution in [2.24, 2.45) is 0 Å². The van der Waals surface area contributed by atoms with Crippen LogP contribution in [0.4, 0.5) is 0 Å². The molecule has 0 bridgehead atoms. The number of carbonyl (C=O) groups is 1. The van der Waals surface area contributed by atoms with Crippen molar-refractivity contribution in [3.63, 3.8) is 0 Å². The van der Waals surface area contributed by atoms with E-state index >= 15 is 0 Å². The number of thiophene rings is 1. The van der Waals surface area contributed by atoms with Gasteiger partial charge < -0.3 is 0 Å². The van der Waals surface area contributed by atoms with Gasteiger partial charge in [0.15, 0.2) is 6.29 Å². The molecule has 60 valence electrons. The number of aldehydes is 1. The summed E-state index contributed by atoms with van der Waals surface area (Å²) in [5.74, 6) is 0. The van der Waals surface area contributed by atoms with Gasteiger partial charge in [-0.1, -0.05) is 0 Å². The lowest BCUT2D eigenvalue weighted by atomic mass is 10.2. The highest BCUT2D eigenvalue weighted by Crippen LogP contribution is 2.25. The summed E-state index contributed by atoms with van der Waals surface area (Å²) in [5, 5.41) is 8.38. The number of aromatic nitrogens is 2. The highest BCUT2D eigenvalue weighted by molar-refractivity contribution is 7.13. The number of nitrogens with one attached hydrogen (secondary N) is 1. The third-order valence-electron chi connectivity index (χ3n) is 1.54. The van der Waals surface area contributed by atoms with Crippen molar-refractivity contribution >= 4 is 17.6 Å². The molecule has 12 heavy (non-hydrogen) atoms. The number of hydrogen-bond donors (Lipinski definition) is 1. The number of rotatable bonds is 2. The number of H-pyrrole nitrogens is 1. The highest BCUT2D eigenvalue weighted by atomic mass is 32.1. The molecule has 2 rings (SSSR count). The molecular formula is C8H6N2OS. The van der Waals surface area contributed by atoms with Gasteiger partial charge in [0.05, 0.1) is 6.20 Å². The van der Waals surface area contributed by atoms with Crippen LogP contribution in [0, 0.1) is 0 Å². The third-order valence-corrected chi connectivity index (χ3v) is 2.54. The lowest BCUT2D eigenvalue weighted by Gasteiger charge is -1.84. The second kappa shape index (κ2) is 2.91. The van der Waals surface area contributed by atoms with Crippen molar-refractivity contribution in [3.05, 3.63) is 29.4 Å². The average molecular weight is 178 g/mol. The fourth-order valence-corrected chi connectivity index (χ4v) is 1.79. The fraction of sp³-hybridized carbons (Fsp3) is 0. The molecule has 1 N–H and O–H groups in total. The largest absolute Gasteiger partial charge is 0.298 e. The molecule has 0 aliphatic rings. The van der Waals surface area contributed by atoms with E-state index in [1.165, 1.54) is 0 Å². The van der Waals surface area contributed by atoms with E-state index in [2.05, 4.69) is 10.2 Å². The molecule has 2 heterocycles. The van der Waals surface area contributed by atoms with Gasteiger partial charge in [-0.15, -0.1) is 11.3 Å². The SMILES string of the molecule is O=Cc1csc(-c2cn[nH]c2)c1. The fourth-order valence-electron chi connectivity index (χ4n) is 0.950. The first kappa shape index (κ1) is 7.24. The molecule has 0 fully saturated rings. The minimum Gasteiger partial charge on any atom is -0.298 e. The van der Waals surface area contributed by atoms with E-state index in [0.717, 1.165) is 22.3 Å². The minimum atomic E-state index is 0.719. The topological polar surface area (TPSA) is 45.8 Å². The Labute approximate surface area is 73.1 Å². The quantitative estimate of drug-likeness (QED) is 0.714. The molecule has 0 unspecified atom stereocenters. The van der Waals surface area contributed by atoms with Crippen molar-refractivity contribution < 1.29 is 4.79 Å². The zero-order valence-corrected chi connectivity index (χ0v) is 6.97. The molecule has 0 spiro atoms. The van der Waals surface area contributed by atoms with Crippen molar-refractivity contribution in [1.29, 1.82) is 0 Å². The summed E-state index contributed by atoms with van der Waals surface area (Å²) in [5.41, 5.74) is 1.74. The summed E-state index contributed by atoms with van der Waals surface area (Å²) in [6.07, 6.45) is 4.39. The van der Waals surface area contributed by atoms with E-state index in [0.29, 0.717) is 0 Å². The van der Waals surface area contributed by atoms with E-state index in [1.807, 2.05) is 11.4 Å². The third kappa shape index (κ3) is 1.16. The molecule has 0 amide bonds. The van der Waals surface area contributed by atoms with E-state index in [9.17, 15) is 4.79 Å². The first-order valence-corrected chi connectivity index (χ1v) is 4.31. The van der Waals surface area contributed by atoms with Crippen LogP contribution in [0.1, 0.15) is 10.4 Å². The van der Waals surface area contributed by atoms with E-state index in [1.54, 1.807) is 23.7 Å². The van der Waals surface area contributed by atoms with E-state index in [-0.39, 0.29) is 0 Å². The predicted molar refractivity (Wildman–Crippen MR) is 47.3 cm³/mol. The Hall–Kier alpha value is -1.42. The van der Waals surface area contributed by atoms with Gasteiger partial charge in [-0.05, 0) is 6.07 Å². The Bertz CT molecular complexity index is 377. The summed E-state index contributed by atoms with van der Waals surface area (Å²) in [4.78, 5) is 11.4. The van der Waals surface area contributed by atoms with Crippen LogP contribution in [0.15, 0.2) is 23.8 Å². The summed E-state index contributed by atoms with van der Waals surface area (Å²) < 4.78 is 0. The maximum atomic E-state index is 10.4. The Kier molecular flexibility index (Phi) is 1.75. The van der Waals surface area contributed by atoms with Gasteiger partial charge in [0.2, 0.25) is 0 Å². The molecule has 0 radical (unpaired) electrons. The standard InChI is InChI=1S/C8H6N2OS/c11-4-6-1-8(12-5-6)7-2-9-10-3-7/h1-5H,(H,9,10). The van der Waals surface area contributed by atoms with Gasteiger partial charge in [-0.25, -0.2) is 0 Å². The van der Waals surface area contributed by atoms with Gasteiger partial charge in [0.25, 0.3) is 0 Å². The van der Waals surface area contributed by atoms with Crippen LogP contribution in [0.3, 0.4) is 0 Å². The number of nitrogens with zero attached hydrogens (tertiary/aromatic N) is 1. The number of aromatic amines is 1. The van der Waals surface area contributed by atoms with Gasteiger partial charge in [-0.2, -0.15) is 5.10 Å². The van der Waals surface area contributed by atoms with Gasteiger partial charge >= 0.3 is 0 Å². The van der Waals surface area contributed by atoms with Gasteiger partial charge in [-0.3, -0.25) is 9.89 Å². The lowest BCUT2D eigenvalue weighted by Crippen LogP contribution is -1.68. The molecule has 0 atom stereocenters. The Morgan fingerprint density at radius 3 is 3.08 bits per heavy atom. The number of hydrogen-bond acceptors (Lipinski definition) is 3. The molecular weight excluding hydrogens is 172 g/mol. The van der Waals surface area contributed by atoms with Crippen molar-refractivity contribution in [1.82, 2.24) is 10.2 Å². The molecule has 2 aromatic rings. The van der Waals surface area contributed by atoms with Crippen molar-refractivity contribution in [3.8, 4) is 10.4 Å². The molecule has 0 aliphatic heterocycles. The predicted octanol–water partition coefficient (Wildman–Crippen LogP) is 1.95. The Morgan fingerprint density at radius 1 is 1.58 bits per heavy atom. The first-order chi connectivity index (χ1) is 5.90. The molecule has 4 heteroatoms. The van der Waals surface area contributed by atoms with Crippen LogP contribution in [-0.2, 0) is 0 Å². The van der Waals surface area contributed by atoms with Crippen LogP contribution < -0.4 is 0 Å². The van der Waals surface area contributed by atoms with Crippen LogP contribution >= 0.6 is 11.3 Å². The average Bonchev–Trinajstić information content (AvgIpc) is 2.75. The maximum absolute atomic E-state index is 10.4. The summed E-state index contributed by atoms with van der Waals surface area (Å²) in [6, 6.07) is 1.85. The normalized spacial score (nSPS) is 10.0. The molecule has 0 saturated heterocycles. The second-order valence-corrected chi connectivity index (χ2v) is 3.26. The molecule has 3 nitrogen and oxygen atoms in total. The van der Waals surface area contributed by atoms with Crippen LogP contribution in [0.25, 0.3) is 10.4 Å². The molecule has 2 aromatic heterocycles. The van der Waals surface area contributed by atoms with Crippen molar-refractivity contribution in [2.45, 2.75) is 0 Å². The Morgan fingerprint density at radius 2 is 2.50 bits per heavy atom. The van der Waals surface area contributed by atoms with Gasteiger partial charge in [0.1, 0.15) is 0 Å². The Balaban J connectivity index is 2.41. The van der Waals surface area contributed by atoms with Crippen molar-refractivity contribution in [2.75, 3.05) is 0 Å². The smallest absolute Gasteiger partial charge is 0.150 e. The summed E-state index contributed by atoms with van der Waals surface area (Å²) in [7, 11) is 0. The van der Waals surface area contributed by atoms with Gasteiger partial charge in [0, 0.05) is 27.6 Å². The van der Waals surface area contributed by atoms with Crippen LogP contribution in [0.5, 0.6) is 0 Å². The highest BCUT2D eigenvalue weighted by Gasteiger charge is 2.01. The van der Waals surface area contributed by atoms with E-state index < -0.39 is 0 Å². The van der Waals surface area contributed by atoms with E-state index in [4.69, 9.17) is 0 Å². The lowest BCUT2D eigenvalue weighted by molar-refractivity contribution is 0.112. The number of carbonyl (C=O) groups excluding carboxylic acids is 1. The van der Waals surface area contributed by atoms with Crippen LogP contribution in [-0.4, -0.2) is 16.5 Å². The maximum Gasteiger partial charge on any atom is 0.150 e. The summed E-state index contributed by atoms with van der Waals surface area (Å²) >= 11 is 1.54.